The molecule has 1 heterocycles. The van der Waals surface area contributed by atoms with Gasteiger partial charge in [-0.05, 0) is 12.1 Å². The minimum atomic E-state index is -0.633. The fourth-order valence-electron chi connectivity index (χ4n) is 1.06. The first-order valence-corrected chi connectivity index (χ1v) is 3.63. The van der Waals surface area contributed by atoms with E-state index in [0.717, 1.165) is 6.07 Å². The Morgan fingerprint density at radius 3 is 2.31 bits per heavy atom. The summed E-state index contributed by atoms with van der Waals surface area (Å²) >= 11 is 0. The highest BCUT2D eigenvalue weighted by molar-refractivity contribution is 5.56. The van der Waals surface area contributed by atoms with Gasteiger partial charge in [-0.3, -0.25) is 0 Å². The van der Waals surface area contributed by atoms with Crippen LogP contribution in [0.3, 0.4) is 0 Å². The van der Waals surface area contributed by atoms with E-state index in [9.17, 15) is 8.78 Å². The third kappa shape index (κ3) is 1.56. The van der Waals surface area contributed by atoms with Gasteiger partial charge in [0.1, 0.15) is 11.6 Å². The normalized spacial score (nSPS) is 10.3. The molecule has 0 saturated heterocycles. The molecule has 2 aromatic rings. The highest BCUT2D eigenvalue weighted by atomic mass is 19.1. The second-order valence-corrected chi connectivity index (χ2v) is 2.53. The smallest absolute Gasteiger partial charge is 0.167 e. The van der Waals surface area contributed by atoms with Crippen LogP contribution in [-0.2, 0) is 0 Å². The van der Waals surface area contributed by atoms with Gasteiger partial charge in [0, 0.05) is 17.7 Å². The van der Waals surface area contributed by atoms with Crippen LogP contribution >= 0.6 is 0 Å². The van der Waals surface area contributed by atoms with Crippen molar-refractivity contribution in [2.45, 2.75) is 0 Å². The third-order valence-corrected chi connectivity index (χ3v) is 1.58. The van der Waals surface area contributed by atoms with Gasteiger partial charge in [0.05, 0.1) is 6.20 Å². The van der Waals surface area contributed by atoms with Gasteiger partial charge in [0.2, 0.25) is 0 Å². The fraction of sp³-hybridized carbons (Fsp3) is 0. The predicted octanol–water partition coefficient (Wildman–Crippen LogP) is 2.62. The third-order valence-electron chi connectivity index (χ3n) is 1.58. The quantitative estimate of drug-likeness (QED) is 0.675. The Bertz CT molecular complexity index is 391. The number of rotatable bonds is 1. The number of aromatic nitrogens is 1. The number of benzene rings is 1. The lowest BCUT2D eigenvalue weighted by atomic mass is 10.1. The van der Waals surface area contributed by atoms with Crippen molar-refractivity contribution in [2.75, 3.05) is 0 Å². The molecule has 4 heteroatoms. The molecule has 0 bridgehead atoms. The summed E-state index contributed by atoms with van der Waals surface area (Å²) in [6.07, 6.45) is 1.41. The largest absolute Gasteiger partial charge is 0.356 e. The van der Waals surface area contributed by atoms with E-state index in [4.69, 9.17) is 4.52 Å². The van der Waals surface area contributed by atoms with Crippen LogP contribution in [0.4, 0.5) is 8.78 Å². The molecule has 2 rings (SSSR count). The van der Waals surface area contributed by atoms with Gasteiger partial charge in [-0.15, -0.1) is 0 Å². The lowest BCUT2D eigenvalue weighted by molar-refractivity contribution is 0.431. The average molecular weight is 181 g/mol. The first-order chi connectivity index (χ1) is 6.25. The molecular formula is C9H5F2NO. The summed E-state index contributed by atoms with van der Waals surface area (Å²) in [4.78, 5) is 0. The second-order valence-electron chi connectivity index (χ2n) is 2.53. The van der Waals surface area contributed by atoms with Crippen LogP contribution in [0.15, 0.2) is 35.0 Å². The Hall–Kier alpha value is -1.71. The van der Waals surface area contributed by atoms with Crippen molar-refractivity contribution in [3.05, 3.63) is 42.1 Å². The highest BCUT2D eigenvalue weighted by Crippen LogP contribution is 2.20. The van der Waals surface area contributed by atoms with Crippen molar-refractivity contribution in [3.63, 3.8) is 0 Å². The van der Waals surface area contributed by atoms with Crippen molar-refractivity contribution in [1.82, 2.24) is 5.16 Å². The van der Waals surface area contributed by atoms with Gasteiger partial charge in [0.25, 0.3) is 0 Å². The molecule has 1 aromatic heterocycles. The standard InChI is InChI=1S/C9H5F2NO/c10-7-3-6(4-8(11)5-7)9-1-2-12-13-9/h1-5H. The van der Waals surface area contributed by atoms with E-state index in [0.29, 0.717) is 11.3 Å². The molecule has 0 aliphatic carbocycles. The summed E-state index contributed by atoms with van der Waals surface area (Å²) in [7, 11) is 0. The predicted molar refractivity (Wildman–Crippen MR) is 41.9 cm³/mol. The molecule has 0 saturated carbocycles. The lowest BCUT2D eigenvalue weighted by Gasteiger charge is -1.95. The molecule has 0 fully saturated rings. The van der Waals surface area contributed by atoms with Gasteiger partial charge in [-0.2, -0.15) is 0 Å². The highest BCUT2D eigenvalue weighted by Gasteiger charge is 2.05. The summed E-state index contributed by atoms with van der Waals surface area (Å²) in [5.74, 6) is -0.920. The maximum Gasteiger partial charge on any atom is 0.167 e. The van der Waals surface area contributed by atoms with Crippen LogP contribution in [0.2, 0.25) is 0 Å². The lowest BCUT2D eigenvalue weighted by Crippen LogP contribution is -1.81. The maximum atomic E-state index is 12.7. The van der Waals surface area contributed by atoms with Gasteiger partial charge in [-0.1, -0.05) is 5.16 Å². The Balaban J connectivity index is 2.53. The molecule has 0 amide bonds. The Morgan fingerprint density at radius 1 is 1.08 bits per heavy atom. The minimum Gasteiger partial charge on any atom is -0.356 e. The van der Waals surface area contributed by atoms with E-state index in [1.807, 2.05) is 0 Å². The zero-order valence-electron chi connectivity index (χ0n) is 6.50. The van der Waals surface area contributed by atoms with Gasteiger partial charge in [0.15, 0.2) is 5.76 Å². The Morgan fingerprint density at radius 2 is 1.77 bits per heavy atom. The van der Waals surface area contributed by atoms with Crippen LogP contribution in [-0.4, -0.2) is 5.16 Å². The van der Waals surface area contributed by atoms with Gasteiger partial charge in [-0.25, -0.2) is 8.78 Å². The summed E-state index contributed by atoms with van der Waals surface area (Å²) in [5.41, 5.74) is 0.343. The van der Waals surface area contributed by atoms with Gasteiger partial charge >= 0.3 is 0 Å². The molecule has 0 radical (unpaired) electrons. The molecule has 2 nitrogen and oxygen atoms in total. The number of hydrogen-bond donors (Lipinski definition) is 0. The zero-order valence-corrected chi connectivity index (χ0v) is 6.50. The van der Waals surface area contributed by atoms with Crippen molar-refractivity contribution in [3.8, 4) is 11.3 Å². The molecular weight excluding hydrogens is 176 g/mol. The Kier molecular flexibility index (Phi) is 1.81. The topological polar surface area (TPSA) is 26.0 Å². The van der Waals surface area contributed by atoms with E-state index in [2.05, 4.69) is 5.16 Å². The summed E-state index contributed by atoms with van der Waals surface area (Å²) in [5, 5.41) is 3.44. The average Bonchev–Trinajstić information content (AvgIpc) is 2.53. The molecule has 0 N–H and O–H groups in total. The molecule has 0 aliphatic heterocycles. The van der Waals surface area contributed by atoms with E-state index in [-0.39, 0.29) is 0 Å². The molecule has 0 unspecified atom stereocenters. The Labute approximate surface area is 72.8 Å². The van der Waals surface area contributed by atoms with Crippen LogP contribution in [0, 0.1) is 11.6 Å². The van der Waals surface area contributed by atoms with Crippen molar-refractivity contribution in [1.29, 1.82) is 0 Å². The van der Waals surface area contributed by atoms with Crippen LogP contribution in [0.5, 0.6) is 0 Å². The fourth-order valence-corrected chi connectivity index (χ4v) is 1.06. The van der Waals surface area contributed by atoms with E-state index in [1.54, 1.807) is 0 Å². The van der Waals surface area contributed by atoms with Crippen molar-refractivity contribution < 1.29 is 13.3 Å². The molecule has 0 atom stereocenters. The first kappa shape index (κ1) is 7.91. The summed E-state index contributed by atoms with van der Waals surface area (Å²) in [6, 6.07) is 4.71. The maximum absolute atomic E-state index is 12.7. The molecule has 66 valence electrons. The monoisotopic (exact) mass is 181 g/mol. The van der Waals surface area contributed by atoms with Gasteiger partial charge < -0.3 is 4.52 Å². The van der Waals surface area contributed by atoms with Crippen molar-refractivity contribution in [2.24, 2.45) is 0 Å². The molecule has 13 heavy (non-hydrogen) atoms. The number of nitrogens with zero attached hydrogens (tertiary/aromatic N) is 1. The van der Waals surface area contributed by atoms with Crippen LogP contribution < -0.4 is 0 Å². The molecule has 1 aromatic carbocycles. The van der Waals surface area contributed by atoms with E-state index in [1.165, 1.54) is 24.4 Å². The SMILES string of the molecule is Fc1cc(F)cc(-c2ccno2)c1. The van der Waals surface area contributed by atoms with Crippen LogP contribution in [0.25, 0.3) is 11.3 Å². The number of halogens is 2. The summed E-state index contributed by atoms with van der Waals surface area (Å²) in [6.45, 7) is 0. The zero-order chi connectivity index (χ0) is 9.26. The van der Waals surface area contributed by atoms with Crippen LogP contribution in [0.1, 0.15) is 0 Å². The first-order valence-electron chi connectivity index (χ1n) is 3.63. The number of hydrogen-bond acceptors (Lipinski definition) is 2. The molecule has 0 aliphatic rings. The van der Waals surface area contributed by atoms with E-state index < -0.39 is 11.6 Å². The van der Waals surface area contributed by atoms with Crippen molar-refractivity contribution >= 4 is 0 Å². The second kappa shape index (κ2) is 2.97. The van der Waals surface area contributed by atoms with E-state index >= 15 is 0 Å². The molecule has 0 spiro atoms. The minimum absolute atomic E-state index is 0.343. The summed E-state index contributed by atoms with van der Waals surface area (Å²) < 4.78 is 30.2.